The Kier molecular flexibility index (Phi) is 8.91. The number of carbonyl (C=O) groups is 2. The van der Waals surface area contributed by atoms with E-state index in [1.807, 2.05) is 6.92 Å². The molecule has 1 aliphatic heterocycles. The maximum Gasteiger partial charge on any atom is 0.202 e. The number of ether oxygens (including phenoxy) is 3. The van der Waals surface area contributed by atoms with Gasteiger partial charge in [0, 0.05) is 47.7 Å². The van der Waals surface area contributed by atoms with Crippen molar-refractivity contribution < 1.29 is 44.2 Å². The fourth-order valence-corrected chi connectivity index (χ4v) is 6.55. The smallest absolute Gasteiger partial charge is 0.202 e. The van der Waals surface area contributed by atoms with Crippen LogP contribution in [0, 0.1) is 5.92 Å². The lowest BCUT2D eigenvalue weighted by molar-refractivity contribution is -0.245. The van der Waals surface area contributed by atoms with Gasteiger partial charge in [-0.05, 0) is 39.2 Å². The van der Waals surface area contributed by atoms with E-state index in [0.717, 1.165) is 5.71 Å². The number of aromatic hydroxyl groups is 2. The summed E-state index contributed by atoms with van der Waals surface area (Å²) in [5, 5.41) is 54.4. The predicted molar refractivity (Wildman–Crippen MR) is 165 cm³/mol. The van der Waals surface area contributed by atoms with Crippen LogP contribution >= 0.6 is 0 Å². The Morgan fingerprint density at radius 3 is 2.44 bits per heavy atom. The monoisotopic (exact) mass is 623 g/mol. The second-order valence-corrected chi connectivity index (χ2v) is 12.7. The second-order valence-electron chi connectivity index (χ2n) is 12.7. The number of phenolic OH excluding ortho intramolecular Hbond substituents is 2. The summed E-state index contributed by atoms with van der Waals surface area (Å²) in [6, 6.07) is 3.87. The summed E-state index contributed by atoms with van der Waals surface area (Å²) < 4.78 is 17.5. The Morgan fingerprint density at radius 1 is 1.11 bits per heavy atom. The van der Waals surface area contributed by atoms with E-state index in [4.69, 9.17) is 19.9 Å². The quantitative estimate of drug-likeness (QED) is 0.148. The highest BCUT2D eigenvalue weighted by Gasteiger charge is 2.49. The summed E-state index contributed by atoms with van der Waals surface area (Å²) in [4.78, 5) is 27.6. The first-order chi connectivity index (χ1) is 21.2. The highest BCUT2D eigenvalue weighted by molar-refractivity contribution is 6.31. The van der Waals surface area contributed by atoms with E-state index in [9.17, 15) is 30.0 Å². The van der Waals surface area contributed by atoms with Gasteiger partial charge in [-0.3, -0.25) is 9.59 Å². The summed E-state index contributed by atoms with van der Waals surface area (Å²) >= 11 is 0. The number of ketones is 2. The van der Waals surface area contributed by atoms with Crippen LogP contribution in [0.2, 0.25) is 0 Å². The van der Waals surface area contributed by atoms with Gasteiger partial charge < -0.3 is 40.4 Å². The average molecular weight is 624 g/mol. The molecule has 5 rings (SSSR count). The van der Waals surface area contributed by atoms with Crippen molar-refractivity contribution in [1.82, 2.24) is 0 Å². The molecule has 0 radical (unpaired) electrons. The molecule has 0 bridgehead atoms. The van der Waals surface area contributed by atoms with Crippen molar-refractivity contribution in [2.75, 3.05) is 7.11 Å². The molecule has 1 heterocycles. The minimum atomic E-state index is -1.73. The van der Waals surface area contributed by atoms with E-state index in [2.05, 4.69) is 24.1 Å². The summed E-state index contributed by atoms with van der Waals surface area (Å²) in [5.74, 6) is -1.97. The number of nitrogens with two attached hydrogens (primary N) is 1. The van der Waals surface area contributed by atoms with Crippen molar-refractivity contribution in [3.8, 4) is 17.2 Å². The van der Waals surface area contributed by atoms with Gasteiger partial charge in [-0.1, -0.05) is 26.0 Å². The number of hydrogen-bond acceptors (Lipinski definition) is 12. The van der Waals surface area contributed by atoms with Gasteiger partial charge in [-0.15, -0.1) is 0 Å². The molecule has 0 aromatic heterocycles. The molecule has 12 heteroatoms. The van der Waals surface area contributed by atoms with Crippen LogP contribution in [0.25, 0.3) is 0 Å². The average Bonchev–Trinajstić information content (AvgIpc) is 2.98. The third-order valence-electron chi connectivity index (χ3n) is 8.89. The zero-order valence-electron chi connectivity index (χ0n) is 26.3. The van der Waals surface area contributed by atoms with Crippen molar-refractivity contribution in [3.05, 3.63) is 51.6 Å². The van der Waals surface area contributed by atoms with E-state index < -0.39 is 59.3 Å². The Labute approximate surface area is 261 Å². The normalized spacial score (nSPS) is 28.5. The lowest BCUT2D eigenvalue weighted by Crippen LogP contribution is -2.52. The number of benzene rings is 2. The molecule has 242 valence electrons. The van der Waals surface area contributed by atoms with Gasteiger partial charge in [-0.2, -0.15) is 10.2 Å². The zero-order chi connectivity index (χ0) is 33.0. The third kappa shape index (κ3) is 5.77. The fourth-order valence-electron chi connectivity index (χ4n) is 6.55. The van der Waals surface area contributed by atoms with Crippen LogP contribution in [-0.4, -0.2) is 80.7 Å². The van der Waals surface area contributed by atoms with Gasteiger partial charge in [-0.25, -0.2) is 0 Å². The minimum absolute atomic E-state index is 0.0187. The molecule has 0 amide bonds. The predicted octanol–water partition coefficient (Wildman–Crippen LogP) is 3.32. The molecule has 1 saturated heterocycles. The Balaban J connectivity index is 1.66. The number of aliphatic hydroxyl groups excluding tert-OH is 1. The van der Waals surface area contributed by atoms with Gasteiger partial charge in [0.25, 0.3) is 0 Å². The summed E-state index contributed by atoms with van der Waals surface area (Å²) in [6.45, 7) is 9.20. The van der Waals surface area contributed by atoms with Gasteiger partial charge in [0.2, 0.25) is 5.78 Å². The molecule has 2 aliphatic carbocycles. The topological polar surface area (TPSA) is 193 Å². The Bertz CT molecular complexity index is 1590. The molecule has 45 heavy (non-hydrogen) atoms. The highest BCUT2D eigenvalue weighted by Crippen LogP contribution is 2.52. The lowest BCUT2D eigenvalue weighted by Gasteiger charge is -2.42. The number of methoxy groups -OCH3 is 1. The van der Waals surface area contributed by atoms with E-state index in [0.29, 0.717) is 12.3 Å². The molecule has 12 nitrogen and oxygen atoms in total. The Hall–Kier alpha value is -3.68. The van der Waals surface area contributed by atoms with E-state index >= 15 is 0 Å². The van der Waals surface area contributed by atoms with Crippen LogP contribution in [-0.2, 0) is 15.9 Å². The number of phenols is 2. The summed E-state index contributed by atoms with van der Waals surface area (Å²) in [6.07, 6.45) is -3.32. The summed E-state index contributed by atoms with van der Waals surface area (Å²) in [7, 11) is 1.36. The number of aliphatic hydroxyl groups is 2. The van der Waals surface area contributed by atoms with Crippen molar-refractivity contribution in [2.24, 2.45) is 21.9 Å². The molecule has 2 aromatic carbocycles. The van der Waals surface area contributed by atoms with E-state index in [-0.39, 0.29) is 64.1 Å². The highest BCUT2D eigenvalue weighted by atomic mass is 16.7. The summed E-state index contributed by atoms with van der Waals surface area (Å²) in [5.41, 5.74) is 4.71. The minimum Gasteiger partial charge on any atom is -0.507 e. The van der Waals surface area contributed by atoms with Crippen molar-refractivity contribution >= 4 is 23.0 Å². The standard InChI is InChI=1S/C33H41N3O9/c1-14(2)10-15(3)35-36-17(5)33(42)12-19-25(22(13-33)45-23-11-20(34)28(37)16(4)44-23)32(41)27-26(30(19)39)29(38)18-8-7-9-21(43-6)24(18)31(27)40/h7-9,14,16,20,22-23,28,37,39,41-42H,10-13,34H2,1-6H3/b35-15+,36-17+. The largest absolute Gasteiger partial charge is 0.507 e. The third-order valence-corrected chi connectivity index (χ3v) is 8.89. The van der Waals surface area contributed by atoms with Crippen LogP contribution in [0.3, 0.4) is 0 Å². The Morgan fingerprint density at radius 2 is 1.80 bits per heavy atom. The molecule has 3 aliphatic rings. The van der Waals surface area contributed by atoms with E-state index in [1.165, 1.54) is 19.2 Å². The number of hydrogen-bond donors (Lipinski definition) is 5. The van der Waals surface area contributed by atoms with Gasteiger partial charge in [0.1, 0.15) is 22.8 Å². The molecule has 0 spiro atoms. The maximum atomic E-state index is 13.9. The number of carbonyl (C=O) groups excluding carboxylic acids is 2. The molecule has 2 aromatic rings. The first kappa shape index (κ1) is 32.7. The van der Waals surface area contributed by atoms with Gasteiger partial charge in [0.15, 0.2) is 12.1 Å². The fraction of sp³-hybridized carbons (Fsp3) is 0.515. The first-order valence-corrected chi connectivity index (χ1v) is 15.1. The van der Waals surface area contributed by atoms with Crippen molar-refractivity contribution in [1.29, 1.82) is 0 Å². The molecule has 1 fully saturated rings. The van der Waals surface area contributed by atoms with Crippen LogP contribution in [0.4, 0.5) is 0 Å². The van der Waals surface area contributed by atoms with Crippen molar-refractivity contribution in [3.63, 3.8) is 0 Å². The number of rotatable bonds is 7. The van der Waals surface area contributed by atoms with E-state index in [1.54, 1.807) is 19.9 Å². The number of nitrogens with zero attached hydrogens (tertiary/aromatic N) is 2. The molecule has 6 unspecified atom stereocenters. The molecule has 6 atom stereocenters. The lowest BCUT2D eigenvalue weighted by atomic mass is 9.72. The molecule has 0 saturated carbocycles. The van der Waals surface area contributed by atoms with Gasteiger partial charge in [0.05, 0.1) is 47.8 Å². The first-order valence-electron chi connectivity index (χ1n) is 15.1. The SMILES string of the molecule is COc1cccc2c1C(=O)c1c(O)c3c(c(O)c1C2=O)CC(O)(/C(C)=N/N=C(\C)CC(C)C)CC3OC1CC(N)C(O)C(C)O1. The molecule has 6 N–H and O–H groups in total. The second kappa shape index (κ2) is 12.3. The molecular formula is C33H41N3O9. The van der Waals surface area contributed by atoms with Crippen LogP contribution in [0.1, 0.15) is 103 Å². The van der Waals surface area contributed by atoms with Crippen molar-refractivity contribution in [2.45, 2.75) is 96.5 Å². The zero-order valence-corrected chi connectivity index (χ0v) is 26.3. The van der Waals surface area contributed by atoms with Crippen LogP contribution in [0.5, 0.6) is 17.2 Å². The molecular weight excluding hydrogens is 582 g/mol. The van der Waals surface area contributed by atoms with Crippen LogP contribution < -0.4 is 10.5 Å². The number of fused-ring (bicyclic) bond motifs is 3. The van der Waals surface area contributed by atoms with Gasteiger partial charge >= 0.3 is 0 Å². The maximum absolute atomic E-state index is 13.9. The van der Waals surface area contributed by atoms with Crippen LogP contribution in [0.15, 0.2) is 28.4 Å².